The van der Waals surface area contributed by atoms with E-state index >= 15 is 0 Å². The number of carbonyl (C=O) groups is 2. The molecule has 1 aliphatic carbocycles. The highest BCUT2D eigenvalue weighted by molar-refractivity contribution is 5.93. The van der Waals surface area contributed by atoms with Crippen LogP contribution in [0.5, 0.6) is 0 Å². The van der Waals surface area contributed by atoms with Crippen molar-refractivity contribution in [1.82, 2.24) is 20.3 Å². The third kappa shape index (κ3) is 4.35. The quantitative estimate of drug-likeness (QED) is 0.862. The molecule has 2 atom stereocenters. The Bertz CT molecular complexity index is 830. The summed E-state index contributed by atoms with van der Waals surface area (Å²) in [6.07, 6.45) is 5.19. The molecule has 1 aromatic heterocycles. The molecule has 1 aromatic carbocycles. The van der Waals surface area contributed by atoms with Crippen molar-refractivity contribution in [2.75, 3.05) is 0 Å². The highest BCUT2D eigenvalue weighted by Gasteiger charge is 2.31. The predicted molar refractivity (Wildman–Crippen MR) is 101 cm³/mol. The first-order valence-corrected chi connectivity index (χ1v) is 9.50. The molecule has 2 unspecified atom stereocenters. The second kappa shape index (κ2) is 8.33. The maximum absolute atomic E-state index is 12.8. The molecular formula is C20H26N4O3. The Kier molecular flexibility index (Phi) is 5.88. The minimum absolute atomic E-state index is 0.239. The van der Waals surface area contributed by atoms with Gasteiger partial charge in [0.15, 0.2) is 5.69 Å². The largest absolute Gasteiger partial charge is 0.481 e. The van der Waals surface area contributed by atoms with Crippen molar-refractivity contribution in [2.24, 2.45) is 5.92 Å². The van der Waals surface area contributed by atoms with Crippen LogP contribution in [0, 0.1) is 19.8 Å². The summed E-state index contributed by atoms with van der Waals surface area (Å²) in [5.74, 6) is -1.76. The van der Waals surface area contributed by atoms with Gasteiger partial charge >= 0.3 is 5.97 Å². The SMILES string of the molecule is Cc1cccc(-n2nnc(C(=O)NC3CCCCCCC3C(=O)O)c2C)c1. The van der Waals surface area contributed by atoms with Crippen molar-refractivity contribution >= 4 is 11.9 Å². The zero-order valence-electron chi connectivity index (χ0n) is 15.8. The summed E-state index contributed by atoms with van der Waals surface area (Å²) >= 11 is 0. The zero-order chi connectivity index (χ0) is 19.4. The smallest absolute Gasteiger partial charge is 0.308 e. The lowest BCUT2D eigenvalue weighted by molar-refractivity contribution is -0.143. The van der Waals surface area contributed by atoms with Crippen LogP contribution in [0.3, 0.4) is 0 Å². The summed E-state index contributed by atoms with van der Waals surface area (Å²) in [7, 11) is 0. The van der Waals surface area contributed by atoms with Crippen molar-refractivity contribution < 1.29 is 14.7 Å². The molecule has 2 aromatic rings. The number of carboxylic acid groups (broad SMARTS) is 1. The van der Waals surface area contributed by atoms with Crippen molar-refractivity contribution in [3.8, 4) is 5.69 Å². The molecule has 7 heteroatoms. The Morgan fingerprint density at radius 1 is 1.15 bits per heavy atom. The van der Waals surface area contributed by atoms with Gasteiger partial charge in [0.05, 0.1) is 17.3 Å². The number of rotatable bonds is 4. The van der Waals surface area contributed by atoms with Gasteiger partial charge in [-0.15, -0.1) is 5.10 Å². The van der Waals surface area contributed by atoms with E-state index in [1.165, 1.54) is 0 Å². The van der Waals surface area contributed by atoms with Crippen LogP contribution < -0.4 is 5.32 Å². The molecule has 7 nitrogen and oxygen atoms in total. The first-order valence-electron chi connectivity index (χ1n) is 9.50. The monoisotopic (exact) mass is 370 g/mol. The van der Waals surface area contributed by atoms with Gasteiger partial charge in [0, 0.05) is 6.04 Å². The van der Waals surface area contributed by atoms with Crippen LogP contribution in [0.4, 0.5) is 0 Å². The van der Waals surface area contributed by atoms with Gasteiger partial charge in [-0.3, -0.25) is 9.59 Å². The molecule has 0 spiro atoms. The zero-order valence-corrected chi connectivity index (χ0v) is 15.8. The van der Waals surface area contributed by atoms with Gasteiger partial charge in [-0.1, -0.05) is 43.0 Å². The van der Waals surface area contributed by atoms with Gasteiger partial charge in [-0.05, 0) is 44.4 Å². The number of nitrogens with zero attached hydrogens (tertiary/aromatic N) is 3. The number of carboxylic acids is 1. The molecule has 3 rings (SSSR count). The summed E-state index contributed by atoms with van der Waals surface area (Å²) in [6.45, 7) is 3.79. The number of aromatic nitrogens is 3. The third-order valence-electron chi connectivity index (χ3n) is 5.26. The lowest BCUT2D eigenvalue weighted by Gasteiger charge is -2.27. The van der Waals surface area contributed by atoms with Gasteiger partial charge in [0.25, 0.3) is 5.91 Å². The van der Waals surface area contributed by atoms with E-state index in [1.54, 1.807) is 11.6 Å². The minimum Gasteiger partial charge on any atom is -0.481 e. The molecule has 2 N–H and O–H groups in total. The topological polar surface area (TPSA) is 97.1 Å². The van der Waals surface area contributed by atoms with Crippen LogP contribution >= 0.6 is 0 Å². The van der Waals surface area contributed by atoms with Gasteiger partial charge in [0.2, 0.25) is 0 Å². The summed E-state index contributed by atoms with van der Waals surface area (Å²) in [5.41, 5.74) is 2.80. The average Bonchev–Trinajstić information content (AvgIpc) is 2.98. The lowest BCUT2D eigenvalue weighted by atomic mass is 9.86. The molecule has 0 saturated heterocycles. The molecule has 0 aliphatic heterocycles. The van der Waals surface area contributed by atoms with Crippen LogP contribution in [-0.2, 0) is 4.79 Å². The molecule has 1 heterocycles. The fraction of sp³-hybridized carbons (Fsp3) is 0.500. The number of benzene rings is 1. The number of aliphatic carboxylic acids is 1. The molecule has 27 heavy (non-hydrogen) atoms. The third-order valence-corrected chi connectivity index (χ3v) is 5.26. The van der Waals surface area contributed by atoms with Crippen LogP contribution in [-0.4, -0.2) is 38.0 Å². The molecule has 0 bridgehead atoms. The predicted octanol–water partition coefficient (Wildman–Crippen LogP) is 3.04. The minimum atomic E-state index is -0.845. The molecular weight excluding hydrogens is 344 g/mol. The summed E-state index contributed by atoms with van der Waals surface area (Å²) in [5, 5.41) is 20.6. The molecule has 1 aliphatic rings. The van der Waals surface area contributed by atoms with Gasteiger partial charge < -0.3 is 10.4 Å². The van der Waals surface area contributed by atoms with E-state index in [9.17, 15) is 14.7 Å². The van der Waals surface area contributed by atoms with E-state index in [1.807, 2.05) is 31.2 Å². The van der Waals surface area contributed by atoms with Crippen molar-refractivity contribution in [3.63, 3.8) is 0 Å². The highest BCUT2D eigenvalue weighted by atomic mass is 16.4. The van der Waals surface area contributed by atoms with E-state index in [-0.39, 0.29) is 17.6 Å². The standard InChI is InChI=1S/C20H26N4O3/c1-13-8-7-9-15(12-13)24-14(2)18(22-23-24)19(25)21-17-11-6-4-3-5-10-16(17)20(26)27/h7-9,12,16-17H,3-6,10-11H2,1-2H3,(H,21,25)(H,26,27). The fourth-order valence-corrected chi connectivity index (χ4v) is 3.73. The lowest BCUT2D eigenvalue weighted by Crippen LogP contribution is -2.44. The van der Waals surface area contributed by atoms with Crippen LogP contribution in [0.15, 0.2) is 24.3 Å². The first kappa shape index (κ1) is 19.1. The number of amides is 1. The van der Waals surface area contributed by atoms with Crippen LogP contribution in [0.25, 0.3) is 5.69 Å². The normalized spacial score (nSPS) is 20.5. The Morgan fingerprint density at radius 2 is 1.89 bits per heavy atom. The number of carbonyl (C=O) groups excluding carboxylic acids is 1. The Labute approximate surface area is 158 Å². The van der Waals surface area contributed by atoms with Gasteiger partial charge in [-0.25, -0.2) is 4.68 Å². The Balaban J connectivity index is 1.80. The summed E-state index contributed by atoms with van der Waals surface area (Å²) in [6, 6.07) is 7.42. The van der Waals surface area contributed by atoms with E-state index in [0.717, 1.165) is 36.9 Å². The number of aryl methyl sites for hydroxylation is 1. The molecule has 1 fully saturated rings. The Morgan fingerprint density at radius 3 is 2.59 bits per heavy atom. The molecule has 1 saturated carbocycles. The molecule has 144 valence electrons. The summed E-state index contributed by atoms with van der Waals surface area (Å²) < 4.78 is 1.63. The first-order chi connectivity index (χ1) is 13.0. The van der Waals surface area contributed by atoms with Crippen molar-refractivity contribution in [3.05, 3.63) is 41.2 Å². The average molecular weight is 370 g/mol. The van der Waals surface area contributed by atoms with E-state index < -0.39 is 11.9 Å². The van der Waals surface area contributed by atoms with E-state index in [0.29, 0.717) is 18.5 Å². The highest BCUT2D eigenvalue weighted by Crippen LogP contribution is 2.24. The molecule has 0 radical (unpaired) electrons. The van der Waals surface area contributed by atoms with Crippen molar-refractivity contribution in [1.29, 1.82) is 0 Å². The number of hydrogen-bond acceptors (Lipinski definition) is 4. The maximum atomic E-state index is 12.8. The van der Waals surface area contributed by atoms with Crippen molar-refractivity contribution in [2.45, 2.75) is 58.4 Å². The summed E-state index contributed by atoms with van der Waals surface area (Å²) in [4.78, 5) is 24.4. The molecule has 1 amide bonds. The number of hydrogen-bond donors (Lipinski definition) is 2. The fourth-order valence-electron chi connectivity index (χ4n) is 3.73. The second-order valence-corrected chi connectivity index (χ2v) is 7.29. The van der Waals surface area contributed by atoms with Gasteiger partial charge in [-0.2, -0.15) is 0 Å². The number of nitrogens with one attached hydrogen (secondary N) is 1. The van der Waals surface area contributed by atoms with Gasteiger partial charge in [0.1, 0.15) is 0 Å². The second-order valence-electron chi connectivity index (χ2n) is 7.29. The van der Waals surface area contributed by atoms with E-state index in [4.69, 9.17) is 0 Å². The van der Waals surface area contributed by atoms with Crippen LogP contribution in [0.2, 0.25) is 0 Å². The van der Waals surface area contributed by atoms with Crippen LogP contribution in [0.1, 0.15) is 60.3 Å². The van der Waals surface area contributed by atoms with E-state index in [2.05, 4.69) is 15.6 Å². The maximum Gasteiger partial charge on any atom is 0.308 e. The Hall–Kier alpha value is -2.70.